The van der Waals surface area contributed by atoms with E-state index in [4.69, 9.17) is 4.74 Å². The number of carbonyl (C=O) groups is 2. The number of unbranched alkanes of at least 4 members (excludes halogenated alkanes) is 5. The third-order valence-electron chi connectivity index (χ3n) is 3.94. The van der Waals surface area contributed by atoms with E-state index in [0.29, 0.717) is 6.42 Å². The fraction of sp³-hybridized carbons (Fsp3) is 0.750. The SMILES string of the molecule is C=C(C(=O)OC)C1C(CCCCCCCC)OC(=O)C1O. The first-order chi connectivity index (χ1) is 10.0. The molecule has 1 rings (SSSR count). The van der Waals surface area contributed by atoms with Crippen molar-refractivity contribution in [2.45, 2.75) is 64.1 Å². The Labute approximate surface area is 126 Å². The predicted molar refractivity (Wildman–Crippen MR) is 78.5 cm³/mol. The Morgan fingerprint density at radius 2 is 1.90 bits per heavy atom. The normalized spacial score (nSPS) is 24.7. The summed E-state index contributed by atoms with van der Waals surface area (Å²) in [4.78, 5) is 23.1. The van der Waals surface area contributed by atoms with E-state index in [-0.39, 0.29) is 5.57 Å². The Balaban J connectivity index is 2.48. The minimum atomic E-state index is -1.32. The van der Waals surface area contributed by atoms with Gasteiger partial charge in [0.2, 0.25) is 0 Å². The van der Waals surface area contributed by atoms with Gasteiger partial charge in [-0.2, -0.15) is 0 Å². The Bertz CT molecular complexity index is 377. The van der Waals surface area contributed by atoms with E-state index in [1.54, 1.807) is 0 Å². The molecule has 1 aliphatic rings. The number of methoxy groups -OCH3 is 1. The Kier molecular flexibility index (Phi) is 7.43. The van der Waals surface area contributed by atoms with E-state index in [9.17, 15) is 14.7 Å². The van der Waals surface area contributed by atoms with Gasteiger partial charge in [-0.25, -0.2) is 9.59 Å². The molecule has 3 unspecified atom stereocenters. The molecule has 0 amide bonds. The average molecular weight is 298 g/mol. The second-order valence-electron chi connectivity index (χ2n) is 5.52. The minimum Gasteiger partial charge on any atom is -0.466 e. The van der Waals surface area contributed by atoms with Gasteiger partial charge in [0.15, 0.2) is 6.10 Å². The molecule has 21 heavy (non-hydrogen) atoms. The topological polar surface area (TPSA) is 72.8 Å². The van der Waals surface area contributed by atoms with Gasteiger partial charge in [-0.05, 0) is 12.8 Å². The number of hydrogen-bond acceptors (Lipinski definition) is 5. The molecular formula is C16H26O5. The van der Waals surface area contributed by atoms with Gasteiger partial charge in [0.05, 0.1) is 13.0 Å². The number of rotatable bonds is 9. The van der Waals surface area contributed by atoms with Crippen molar-refractivity contribution in [1.82, 2.24) is 0 Å². The summed E-state index contributed by atoms with van der Waals surface area (Å²) in [6.45, 7) is 5.81. The van der Waals surface area contributed by atoms with Crippen molar-refractivity contribution in [2.75, 3.05) is 7.11 Å². The highest BCUT2D eigenvalue weighted by molar-refractivity contribution is 5.91. The Morgan fingerprint density at radius 1 is 1.29 bits per heavy atom. The molecule has 120 valence electrons. The molecule has 0 spiro atoms. The van der Waals surface area contributed by atoms with Crippen LogP contribution in [0, 0.1) is 5.92 Å². The largest absolute Gasteiger partial charge is 0.466 e. The van der Waals surface area contributed by atoms with Crippen LogP contribution in [0.15, 0.2) is 12.2 Å². The number of aliphatic hydroxyl groups excluding tert-OH is 1. The molecule has 0 radical (unpaired) electrons. The summed E-state index contributed by atoms with van der Waals surface area (Å²) in [6, 6.07) is 0. The van der Waals surface area contributed by atoms with E-state index in [2.05, 4.69) is 18.2 Å². The van der Waals surface area contributed by atoms with Crippen molar-refractivity contribution >= 4 is 11.9 Å². The van der Waals surface area contributed by atoms with Gasteiger partial charge in [-0.3, -0.25) is 0 Å². The highest BCUT2D eigenvalue weighted by atomic mass is 16.6. The van der Waals surface area contributed by atoms with E-state index in [1.165, 1.54) is 26.4 Å². The molecule has 0 aromatic heterocycles. The number of cyclic esters (lactones) is 1. The van der Waals surface area contributed by atoms with Crippen molar-refractivity contribution in [3.8, 4) is 0 Å². The molecule has 0 saturated carbocycles. The third kappa shape index (κ3) is 4.84. The first-order valence-electron chi connectivity index (χ1n) is 7.68. The van der Waals surface area contributed by atoms with E-state index in [0.717, 1.165) is 19.3 Å². The molecule has 1 fully saturated rings. The fourth-order valence-corrected chi connectivity index (χ4v) is 2.69. The van der Waals surface area contributed by atoms with Crippen LogP contribution in [0.2, 0.25) is 0 Å². The summed E-state index contributed by atoms with van der Waals surface area (Å²) in [6.07, 6.45) is 5.59. The lowest BCUT2D eigenvalue weighted by molar-refractivity contribution is -0.147. The zero-order valence-electron chi connectivity index (χ0n) is 13.0. The molecular weight excluding hydrogens is 272 g/mol. The maximum absolute atomic E-state index is 11.5. The van der Waals surface area contributed by atoms with Crippen molar-refractivity contribution in [1.29, 1.82) is 0 Å². The lowest BCUT2D eigenvalue weighted by Gasteiger charge is -2.19. The highest BCUT2D eigenvalue weighted by Crippen LogP contribution is 2.32. The third-order valence-corrected chi connectivity index (χ3v) is 3.94. The maximum Gasteiger partial charge on any atom is 0.336 e. The van der Waals surface area contributed by atoms with Crippen molar-refractivity contribution in [2.24, 2.45) is 5.92 Å². The van der Waals surface area contributed by atoms with Gasteiger partial charge in [0, 0.05) is 5.57 Å². The molecule has 5 heteroatoms. The minimum absolute atomic E-state index is 0.104. The number of hydrogen-bond donors (Lipinski definition) is 1. The monoisotopic (exact) mass is 298 g/mol. The number of carbonyl (C=O) groups excluding carboxylic acids is 2. The van der Waals surface area contributed by atoms with Gasteiger partial charge in [-0.15, -0.1) is 0 Å². The highest BCUT2D eigenvalue weighted by Gasteiger charge is 2.46. The number of esters is 2. The standard InChI is InChI=1S/C16H26O5/c1-4-5-6-7-8-9-10-12-13(11(2)15(18)20-3)14(17)16(19)21-12/h12-14,17H,2,4-10H2,1,3H3. The summed E-state index contributed by atoms with van der Waals surface area (Å²) < 4.78 is 9.78. The molecule has 0 aliphatic carbocycles. The molecule has 0 bridgehead atoms. The van der Waals surface area contributed by atoms with Crippen molar-refractivity contribution in [3.63, 3.8) is 0 Å². The zero-order valence-corrected chi connectivity index (χ0v) is 13.0. The molecule has 0 aromatic carbocycles. The van der Waals surface area contributed by atoms with Crippen LogP contribution in [0.3, 0.4) is 0 Å². The van der Waals surface area contributed by atoms with Crippen LogP contribution in [0.4, 0.5) is 0 Å². The lowest BCUT2D eigenvalue weighted by Crippen LogP contribution is -2.30. The van der Waals surface area contributed by atoms with Crippen molar-refractivity contribution in [3.05, 3.63) is 12.2 Å². The molecule has 0 aromatic rings. The second-order valence-corrected chi connectivity index (χ2v) is 5.52. The van der Waals surface area contributed by atoms with Crippen LogP contribution in [0.1, 0.15) is 51.9 Å². The predicted octanol–water partition coefficient (Wildman–Crippen LogP) is 2.37. The number of ether oxygens (including phenoxy) is 2. The van der Waals surface area contributed by atoms with Crippen LogP contribution in [-0.4, -0.2) is 36.4 Å². The molecule has 1 N–H and O–H groups in total. The van der Waals surface area contributed by atoms with Gasteiger partial charge in [0.25, 0.3) is 0 Å². The molecule has 3 atom stereocenters. The van der Waals surface area contributed by atoms with E-state index >= 15 is 0 Å². The lowest BCUT2D eigenvalue weighted by atomic mass is 9.88. The molecule has 1 heterocycles. The van der Waals surface area contributed by atoms with Crippen LogP contribution >= 0.6 is 0 Å². The summed E-state index contributed by atoms with van der Waals surface area (Å²) in [7, 11) is 1.25. The Morgan fingerprint density at radius 3 is 2.52 bits per heavy atom. The molecule has 1 saturated heterocycles. The zero-order chi connectivity index (χ0) is 15.8. The summed E-state index contributed by atoms with van der Waals surface area (Å²) >= 11 is 0. The fourth-order valence-electron chi connectivity index (χ4n) is 2.69. The molecule has 1 aliphatic heterocycles. The van der Waals surface area contributed by atoms with E-state index < -0.39 is 30.1 Å². The summed E-state index contributed by atoms with van der Waals surface area (Å²) in [5, 5.41) is 9.87. The first-order valence-corrected chi connectivity index (χ1v) is 7.68. The number of aliphatic hydroxyl groups is 1. The average Bonchev–Trinajstić information content (AvgIpc) is 2.76. The maximum atomic E-state index is 11.5. The first kappa shape index (κ1) is 17.7. The van der Waals surface area contributed by atoms with Gasteiger partial charge in [-0.1, -0.05) is 45.6 Å². The van der Waals surface area contributed by atoms with Gasteiger partial charge < -0.3 is 14.6 Å². The smallest absolute Gasteiger partial charge is 0.336 e. The van der Waals surface area contributed by atoms with E-state index in [1.807, 2.05) is 0 Å². The summed E-state index contributed by atoms with van der Waals surface area (Å²) in [5.74, 6) is -1.98. The van der Waals surface area contributed by atoms with Crippen molar-refractivity contribution < 1.29 is 24.2 Å². The molecule has 5 nitrogen and oxygen atoms in total. The summed E-state index contributed by atoms with van der Waals surface area (Å²) in [5.41, 5.74) is 0.104. The second kappa shape index (κ2) is 8.82. The van der Waals surface area contributed by atoms with Gasteiger partial charge >= 0.3 is 11.9 Å². The van der Waals surface area contributed by atoms with Crippen LogP contribution in [0.25, 0.3) is 0 Å². The van der Waals surface area contributed by atoms with Crippen LogP contribution in [0.5, 0.6) is 0 Å². The Hall–Kier alpha value is -1.36. The van der Waals surface area contributed by atoms with Crippen LogP contribution < -0.4 is 0 Å². The quantitative estimate of drug-likeness (QED) is 0.402. The van der Waals surface area contributed by atoms with Crippen LogP contribution in [-0.2, 0) is 19.1 Å². The van der Waals surface area contributed by atoms with Gasteiger partial charge in [0.1, 0.15) is 6.10 Å².